The Morgan fingerprint density at radius 1 is 1.25 bits per heavy atom. The summed E-state index contributed by atoms with van der Waals surface area (Å²) in [6, 6.07) is 6.00. The van der Waals surface area contributed by atoms with E-state index in [4.69, 9.17) is 9.47 Å². The molecule has 0 amide bonds. The van der Waals surface area contributed by atoms with Crippen LogP contribution in [0.2, 0.25) is 0 Å². The number of guanidine groups is 1. The number of methoxy groups -OCH3 is 2. The molecule has 2 rings (SSSR count). The Labute approximate surface area is 137 Å². The topological polar surface area (TPSA) is 54.9 Å². The Kier molecular flexibility index (Phi) is 7.50. The van der Waals surface area contributed by atoms with E-state index in [2.05, 4.69) is 21.7 Å². The predicted molar refractivity (Wildman–Crippen MR) is 91.6 cm³/mol. The third kappa shape index (κ3) is 4.73. The molecule has 1 aromatic carbocycles. The molecule has 0 saturated heterocycles. The molecule has 1 aliphatic rings. The lowest BCUT2D eigenvalue weighted by atomic mass is 10.1. The molecule has 1 heterocycles. The normalized spacial score (nSPS) is 13.6. The lowest BCUT2D eigenvalue weighted by molar-refractivity contribution is 0.354. The van der Waals surface area contributed by atoms with Gasteiger partial charge in [0.2, 0.25) is 0 Å². The van der Waals surface area contributed by atoms with Crippen molar-refractivity contribution in [2.24, 2.45) is 4.99 Å². The Morgan fingerprint density at radius 3 is 2.70 bits per heavy atom. The van der Waals surface area contributed by atoms with Crippen molar-refractivity contribution in [2.75, 3.05) is 33.9 Å². The third-order valence-corrected chi connectivity index (χ3v) is 3.05. The Morgan fingerprint density at radius 2 is 2.05 bits per heavy atom. The van der Waals surface area contributed by atoms with Crippen LogP contribution >= 0.6 is 24.0 Å². The molecule has 2 N–H and O–H groups in total. The quantitative estimate of drug-likeness (QED) is 0.752. The van der Waals surface area contributed by atoms with Gasteiger partial charge in [-0.05, 0) is 30.5 Å². The van der Waals surface area contributed by atoms with Gasteiger partial charge in [-0.15, -0.1) is 24.0 Å². The van der Waals surface area contributed by atoms with Crippen molar-refractivity contribution in [3.63, 3.8) is 0 Å². The van der Waals surface area contributed by atoms with Crippen molar-refractivity contribution in [1.82, 2.24) is 10.6 Å². The summed E-state index contributed by atoms with van der Waals surface area (Å²) in [5.41, 5.74) is 1.21. The van der Waals surface area contributed by atoms with Gasteiger partial charge in [0.15, 0.2) is 17.5 Å². The summed E-state index contributed by atoms with van der Waals surface area (Å²) in [6.45, 7) is 2.76. The summed E-state index contributed by atoms with van der Waals surface area (Å²) in [5.74, 6) is 2.44. The van der Waals surface area contributed by atoms with Gasteiger partial charge in [-0.1, -0.05) is 6.07 Å². The standard InChI is InChI=1S/C14H21N3O2.HI/c1-18-12-5-4-11(10-13(12)19-2)6-9-17-14-15-7-3-8-16-14;/h4-5,10H,3,6-9H2,1-2H3,(H2,15,16,17);1H. The van der Waals surface area contributed by atoms with Gasteiger partial charge in [-0.25, -0.2) is 0 Å². The number of nitrogens with one attached hydrogen (secondary N) is 2. The highest BCUT2D eigenvalue weighted by atomic mass is 127. The molecular weight excluding hydrogens is 369 g/mol. The van der Waals surface area contributed by atoms with E-state index >= 15 is 0 Å². The van der Waals surface area contributed by atoms with Gasteiger partial charge >= 0.3 is 0 Å². The van der Waals surface area contributed by atoms with Gasteiger partial charge in [0.05, 0.1) is 14.2 Å². The molecule has 0 spiro atoms. The summed E-state index contributed by atoms with van der Waals surface area (Å²) in [7, 11) is 3.30. The van der Waals surface area contributed by atoms with Gasteiger partial charge in [-0.2, -0.15) is 0 Å². The fourth-order valence-electron chi connectivity index (χ4n) is 2.01. The maximum Gasteiger partial charge on any atom is 0.191 e. The van der Waals surface area contributed by atoms with E-state index in [1.165, 1.54) is 5.56 Å². The van der Waals surface area contributed by atoms with Crippen LogP contribution in [0.5, 0.6) is 11.5 Å². The van der Waals surface area contributed by atoms with E-state index in [1.807, 2.05) is 12.1 Å². The molecule has 6 heteroatoms. The first-order valence-corrected chi connectivity index (χ1v) is 6.56. The zero-order chi connectivity index (χ0) is 13.5. The zero-order valence-electron chi connectivity index (χ0n) is 11.9. The van der Waals surface area contributed by atoms with Crippen LogP contribution in [0.3, 0.4) is 0 Å². The van der Waals surface area contributed by atoms with Gasteiger partial charge in [0, 0.05) is 19.6 Å². The number of ether oxygens (including phenoxy) is 2. The molecule has 5 nitrogen and oxygen atoms in total. The minimum Gasteiger partial charge on any atom is -0.493 e. The van der Waals surface area contributed by atoms with Gasteiger partial charge in [-0.3, -0.25) is 4.99 Å². The van der Waals surface area contributed by atoms with Crippen LogP contribution in [0.25, 0.3) is 0 Å². The second-order valence-electron chi connectivity index (χ2n) is 4.38. The Bertz CT molecular complexity index is 452. The van der Waals surface area contributed by atoms with Crippen LogP contribution in [0.4, 0.5) is 0 Å². The SMILES string of the molecule is COc1ccc(CCNC2=NCCCN2)cc1OC.I. The molecule has 1 aliphatic heterocycles. The van der Waals surface area contributed by atoms with Crippen LogP contribution in [-0.4, -0.2) is 39.8 Å². The molecule has 0 bridgehead atoms. The van der Waals surface area contributed by atoms with Crippen molar-refractivity contribution in [3.05, 3.63) is 23.8 Å². The van der Waals surface area contributed by atoms with E-state index in [-0.39, 0.29) is 24.0 Å². The highest BCUT2D eigenvalue weighted by molar-refractivity contribution is 14.0. The summed E-state index contributed by atoms with van der Waals surface area (Å²) in [6.07, 6.45) is 2.03. The third-order valence-electron chi connectivity index (χ3n) is 3.05. The molecule has 0 aromatic heterocycles. The van der Waals surface area contributed by atoms with Crippen LogP contribution in [-0.2, 0) is 6.42 Å². The molecule has 0 saturated carbocycles. The highest BCUT2D eigenvalue weighted by Crippen LogP contribution is 2.27. The Hall–Kier alpha value is -1.18. The number of benzene rings is 1. The monoisotopic (exact) mass is 391 g/mol. The van der Waals surface area contributed by atoms with E-state index in [0.29, 0.717) is 0 Å². The summed E-state index contributed by atoms with van der Waals surface area (Å²) in [5, 5.41) is 6.54. The number of hydrogen-bond donors (Lipinski definition) is 2. The molecule has 20 heavy (non-hydrogen) atoms. The summed E-state index contributed by atoms with van der Waals surface area (Å²) >= 11 is 0. The predicted octanol–water partition coefficient (Wildman–Crippen LogP) is 1.80. The smallest absolute Gasteiger partial charge is 0.191 e. The largest absolute Gasteiger partial charge is 0.493 e. The summed E-state index contributed by atoms with van der Waals surface area (Å²) in [4.78, 5) is 4.37. The summed E-state index contributed by atoms with van der Waals surface area (Å²) < 4.78 is 10.5. The molecule has 1 aromatic rings. The van der Waals surface area contributed by atoms with Crippen LogP contribution in [0.15, 0.2) is 23.2 Å². The molecule has 0 radical (unpaired) electrons. The average molecular weight is 391 g/mol. The highest BCUT2D eigenvalue weighted by Gasteiger charge is 2.05. The maximum atomic E-state index is 5.29. The molecule has 0 atom stereocenters. The van der Waals surface area contributed by atoms with Crippen molar-refractivity contribution in [3.8, 4) is 11.5 Å². The van der Waals surface area contributed by atoms with E-state index in [0.717, 1.165) is 49.9 Å². The maximum absolute atomic E-state index is 5.29. The second kappa shape index (κ2) is 8.89. The van der Waals surface area contributed by atoms with E-state index in [1.54, 1.807) is 14.2 Å². The Balaban J connectivity index is 0.00000200. The minimum absolute atomic E-state index is 0. The number of aliphatic imine (C=N–C) groups is 1. The average Bonchev–Trinajstić information content (AvgIpc) is 2.48. The fraction of sp³-hybridized carbons (Fsp3) is 0.500. The van der Waals surface area contributed by atoms with Crippen LogP contribution < -0.4 is 20.1 Å². The number of nitrogens with zero attached hydrogens (tertiary/aromatic N) is 1. The first kappa shape index (κ1) is 16.9. The molecule has 0 fully saturated rings. The number of rotatable bonds is 5. The van der Waals surface area contributed by atoms with Crippen LogP contribution in [0.1, 0.15) is 12.0 Å². The zero-order valence-corrected chi connectivity index (χ0v) is 14.3. The first-order chi connectivity index (χ1) is 9.33. The lowest BCUT2D eigenvalue weighted by Crippen LogP contribution is -2.41. The molecule has 112 valence electrons. The number of halogens is 1. The van der Waals surface area contributed by atoms with Gasteiger partial charge < -0.3 is 20.1 Å². The van der Waals surface area contributed by atoms with E-state index in [9.17, 15) is 0 Å². The fourth-order valence-corrected chi connectivity index (χ4v) is 2.01. The van der Waals surface area contributed by atoms with Crippen molar-refractivity contribution < 1.29 is 9.47 Å². The van der Waals surface area contributed by atoms with Crippen molar-refractivity contribution in [2.45, 2.75) is 12.8 Å². The number of hydrogen-bond acceptors (Lipinski definition) is 5. The van der Waals surface area contributed by atoms with Crippen LogP contribution in [0, 0.1) is 0 Å². The van der Waals surface area contributed by atoms with Crippen molar-refractivity contribution >= 4 is 29.9 Å². The van der Waals surface area contributed by atoms with E-state index < -0.39 is 0 Å². The minimum atomic E-state index is 0. The molecule has 0 unspecified atom stereocenters. The van der Waals surface area contributed by atoms with Gasteiger partial charge in [0.25, 0.3) is 0 Å². The first-order valence-electron chi connectivity index (χ1n) is 6.56. The molecule has 0 aliphatic carbocycles. The molecular formula is C14H22IN3O2. The van der Waals surface area contributed by atoms with Gasteiger partial charge in [0.1, 0.15) is 0 Å². The van der Waals surface area contributed by atoms with Crippen molar-refractivity contribution in [1.29, 1.82) is 0 Å². The lowest BCUT2D eigenvalue weighted by Gasteiger charge is -2.16. The second-order valence-corrected chi connectivity index (χ2v) is 4.38.